The van der Waals surface area contributed by atoms with Gasteiger partial charge in [-0.2, -0.15) is 0 Å². The van der Waals surface area contributed by atoms with Crippen LogP contribution in [0.15, 0.2) is 42.5 Å². The van der Waals surface area contributed by atoms with Gasteiger partial charge in [0.2, 0.25) is 0 Å². The maximum absolute atomic E-state index is 5.93. The molecule has 0 spiro atoms. The number of rotatable bonds is 7. The van der Waals surface area contributed by atoms with E-state index in [-0.39, 0.29) is 0 Å². The lowest BCUT2D eigenvalue weighted by Crippen LogP contribution is -2.05. The quantitative estimate of drug-likeness (QED) is 0.850. The lowest BCUT2D eigenvalue weighted by molar-refractivity contribution is 0.266. The van der Waals surface area contributed by atoms with Gasteiger partial charge in [0.05, 0.1) is 13.7 Å². The molecule has 2 N–H and O–H groups in total. The van der Waals surface area contributed by atoms with Crippen molar-refractivity contribution >= 4 is 0 Å². The highest BCUT2D eigenvalue weighted by Gasteiger charge is 2.10. The Kier molecular flexibility index (Phi) is 5.46. The molecule has 112 valence electrons. The standard InChI is InChI=1S/C17H21NO3/c1-3-20-16-6-4-5-14(11-18)17(16)21-12-13-7-9-15(19-2)10-8-13/h4-10H,3,11-12,18H2,1-2H3. The van der Waals surface area contributed by atoms with Crippen LogP contribution in [-0.2, 0) is 13.2 Å². The van der Waals surface area contributed by atoms with Crippen molar-refractivity contribution in [2.24, 2.45) is 5.73 Å². The molecule has 0 atom stereocenters. The van der Waals surface area contributed by atoms with Crippen LogP contribution in [0.2, 0.25) is 0 Å². The molecule has 4 heteroatoms. The number of methoxy groups -OCH3 is 1. The molecule has 4 nitrogen and oxygen atoms in total. The molecule has 0 aromatic heterocycles. The number of nitrogens with two attached hydrogens (primary N) is 1. The fourth-order valence-corrected chi connectivity index (χ4v) is 2.03. The van der Waals surface area contributed by atoms with E-state index in [0.717, 1.165) is 28.4 Å². The minimum absolute atomic E-state index is 0.416. The summed E-state index contributed by atoms with van der Waals surface area (Å²) < 4.78 is 16.7. The fourth-order valence-electron chi connectivity index (χ4n) is 2.03. The molecule has 0 bridgehead atoms. The van der Waals surface area contributed by atoms with Crippen molar-refractivity contribution < 1.29 is 14.2 Å². The Bertz CT molecular complexity index is 567. The molecular weight excluding hydrogens is 266 g/mol. The first-order valence-electron chi connectivity index (χ1n) is 6.99. The number of para-hydroxylation sites is 1. The van der Waals surface area contributed by atoms with Crippen LogP contribution in [-0.4, -0.2) is 13.7 Å². The van der Waals surface area contributed by atoms with E-state index in [2.05, 4.69) is 0 Å². The lowest BCUT2D eigenvalue weighted by atomic mass is 10.2. The van der Waals surface area contributed by atoms with Crippen LogP contribution in [0.5, 0.6) is 17.2 Å². The van der Waals surface area contributed by atoms with E-state index in [4.69, 9.17) is 19.9 Å². The molecule has 0 heterocycles. The molecule has 0 saturated carbocycles. The molecular formula is C17H21NO3. The molecule has 0 saturated heterocycles. The Balaban J connectivity index is 2.13. The Hall–Kier alpha value is -2.20. The zero-order chi connectivity index (χ0) is 15.1. The Morgan fingerprint density at radius 2 is 1.76 bits per heavy atom. The van der Waals surface area contributed by atoms with Crippen molar-refractivity contribution in [2.45, 2.75) is 20.1 Å². The van der Waals surface area contributed by atoms with E-state index in [0.29, 0.717) is 19.8 Å². The zero-order valence-corrected chi connectivity index (χ0v) is 12.5. The Morgan fingerprint density at radius 3 is 2.38 bits per heavy atom. The van der Waals surface area contributed by atoms with E-state index in [1.165, 1.54) is 0 Å². The summed E-state index contributed by atoms with van der Waals surface area (Å²) in [5.41, 5.74) is 7.77. The number of hydrogen-bond donors (Lipinski definition) is 1. The topological polar surface area (TPSA) is 53.7 Å². The monoisotopic (exact) mass is 287 g/mol. The smallest absolute Gasteiger partial charge is 0.166 e. The van der Waals surface area contributed by atoms with Crippen molar-refractivity contribution in [1.29, 1.82) is 0 Å². The minimum Gasteiger partial charge on any atom is -0.497 e. The second kappa shape index (κ2) is 7.55. The summed E-state index contributed by atoms with van der Waals surface area (Å²) in [6.45, 7) is 3.41. The first-order valence-corrected chi connectivity index (χ1v) is 6.99. The van der Waals surface area contributed by atoms with Crippen LogP contribution >= 0.6 is 0 Å². The van der Waals surface area contributed by atoms with Gasteiger partial charge in [0.25, 0.3) is 0 Å². The second-order valence-electron chi connectivity index (χ2n) is 4.52. The summed E-state index contributed by atoms with van der Waals surface area (Å²) in [5, 5.41) is 0. The van der Waals surface area contributed by atoms with E-state index in [1.54, 1.807) is 7.11 Å². The fraction of sp³-hybridized carbons (Fsp3) is 0.294. The van der Waals surface area contributed by atoms with Gasteiger partial charge in [0, 0.05) is 12.1 Å². The molecule has 0 aliphatic rings. The summed E-state index contributed by atoms with van der Waals surface area (Å²) in [4.78, 5) is 0. The zero-order valence-electron chi connectivity index (χ0n) is 12.5. The highest BCUT2D eigenvalue weighted by atomic mass is 16.5. The van der Waals surface area contributed by atoms with Gasteiger partial charge in [-0.15, -0.1) is 0 Å². The second-order valence-corrected chi connectivity index (χ2v) is 4.52. The number of ether oxygens (including phenoxy) is 3. The van der Waals surface area contributed by atoms with E-state index >= 15 is 0 Å². The van der Waals surface area contributed by atoms with E-state index in [9.17, 15) is 0 Å². The third-order valence-electron chi connectivity index (χ3n) is 3.12. The van der Waals surface area contributed by atoms with Gasteiger partial charge in [0.1, 0.15) is 12.4 Å². The van der Waals surface area contributed by atoms with Crippen molar-refractivity contribution in [3.8, 4) is 17.2 Å². The molecule has 2 aromatic rings. The molecule has 0 unspecified atom stereocenters. The third-order valence-corrected chi connectivity index (χ3v) is 3.12. The Labute approximate surface area is 125 Å². The first-order chi connectivity index (χ1) is 10.3. The van der Waals surface area contributed by atoms with Gasteiger partial charge in [0.15, 0.2) is 11.5 Å². The number of benzene rings is 2. The molecule has 2 aromatic carbocycles. The predicted molar refractivity (Wildman–Crippen MR) is 82.8 cm³/mol. The molecule has 0 fully saturated rings. The van der Waals surface area contributed by atoms with Crippen molar-refractivity contribution in [3.63, 3.8) is 0 Å². The lowest BCUT2D eigenvalue weighted by Gasteiger charge is -2.15. The SMILES string of the molecule is CCOc1cccc(CN)c1OCc1ccc(OC)cc1. The van der Waals surface area contributed by atoms with Gasteiger partial charge >= 0.3 is 0 Å². The summed E-state index contributed by atoms with van der Waals surface area (Å²) in [6.07, 6.45) is 0. The minimum atomic E-state index is 0.416. The molecule has 21 heavy (non-hydrogen) atoms. The average Bonchev–Trinajstić information content (AvgIpc) is 2.54. The molecule has 2 rings (SSSR count). The van der Waals surface area contributed by atoms with Crippen molar-refractivity contribution in [3.05, 3.63) is 53.6 Å². The molecule has 0 amide bonds. The molecule has 0 aliphatic heterocycles. The van der Waals surface area contributed by atoms with Gasteiger partial charge in [-0.3, -0.25) is 0 Å². The molecule has 0 aliphatic carbocycles. The van der Waals surface area contributed by atoms with Gasteiger partial charge in [-0.25, -0.2) is 0 Å². The van der Waals surface area contributed by atoms with Crippen molar-refractivity contribution in [1.82, 2.24) is 0 Å². The maximum atomic E-state index is 5.93. The summed E-state index contributed by atoms with van der Waals surface area (Å²) in [7, 11) is 1.65. The third kappa shape index (κ3) is 3.89. The highest BCUT2D eigenvalue weighted by molar-refractivity contribution is 5.46. The van der Waals surface area contributed by atoms with Crippen LogP contribution < -0.4 is 19.9 Å². The van der Waals surface area contributed by atoms with Crippen LogP contribution in [0.1, 0.15) is 18.1 Å². The summed E-state index contributed by atoms with van der Waals surface area (Å²) in [5.74, 6) is 2.28. The van der Waals surface area contributed by atoms with Crippen LogP contribution in [0.25, 0.3) is 0 Å². The molecule has 0 radical (unpaired) electrons. The van der Waals surface area contributed by atoms with E-state index in [1.807, 2.05) is 49.4 Å². The van der Waals surface area contributed by atoms with Crippen LogP contribution in [0, 0.1) is 0 Å². The van der Waals surface area contributed by atoms with Gasteiger partial charge < -0.3 is 19.9 Å². The average molecular weight is 287 g/mol. The van der Waals surface area contributed by atoms with Gasteiger partial charge in [-0.05, 0) is 30.7 Å². The normalized spacial score (nSPS) is 10.2. The number of hydrogen-bond acceptors (Lipinski definition) is 4. The van der Waals surface area contributed by atoms with Crippen molar-refractivity contribution in [2.75, 3.05) is 13.7 Å². The summed E-state index contributed by atoms with van der Waals surface area (Å²) in [6, 6.07) is 13.5. The van der Waals surface area contributed by atoms with E-state index < -0.39 is 0 Å². The first kappa shape index (κ1) is 15.2. The van der Waals surface area contributed by atoms with Crippen LogP contribution in [0.3, 0.4) is 0 Å². The van der Waals surface area contributed by atoms with Crippen LogP contribution in [0.4, 0.5) is 0 Å². The largest absolute Gasteiger partial charge is 0.497 e. The predicted octanol–water partition coefficient (Wildman–Crippen LogP) is 3.13. The highest BCUT2D eigenvalue weighted by Crippen LogP contribution is 2.32. The maximum Gasteiger partial charge on any atom is 0.166 e. The van der Waals surface area contributed by atoms with Gasteiger partial charge in [-0.1, -0.05) is 24.3 Å². The summed E-state index contributed by atoms with van der Waals surface area (Å²) >= 11 is 0. The Morgan fingerprint density at radius 1 is 1.00 bits per heavy atom.